The topological polar surface area (TPSA) is 0 Å². The van der Waals surface area contributed by atoms with Crippen LogP contribution in [0.3, 0.4) is 0 Å². The minimum absolute atomic E-state index is 1.22. The second kappa shape index (κ2) is 5.75. The molecule has 0 saturated carbocycles. The summed E-state index contributed by atoms with van der Waals surface area (Å²) in [5.41, 5.74) is 0. The monoisotopic (exact) mass is 210 g/mol. The Balaban J connectivity index is 2.01. The van der Waals surface area contributed by atoms with E-state index in [0.717, 1.165) is 0 Å². The molecule has 0 atom stereocenters. The average Bonchev–Trinajstić information content (AvgIpc) is 2.41. The van der Waals surface area contributed by atoms with Gasteiger partial charge < -0.3 is 0 Å². The molecule has 0 fully saturated rings. The Morgan fingerprint density at radius 3 is 3.10 bits per heavy atom. The molecule has 0 aromatic carbocycles. The zero-order valence-corrected chi connectivity index (χ0v) is 9.10. The van der Waals surface area contributed by atoms with Crippen LogP contribution in [-0.4, -0.2) is 11.5 Å². The van der Waals surface area contributed by atoms with Gasteiger partial charge in [0.1, 0.15) is 0 Å². The number of rotatable bonds is 4. The van der Waals surface area contributed by atoms with Crippen molar-refractivity contribution in [2.24, 2.45) is 0 Å². The summed E-state index contributed by atoms with van der Waals surface area (Å²) in [6.07, 6.45) is 1.29. The fourth-order valence-corrected chi connectivity index (χ4v) is 5.76. The average molecular weight is 210 g/mol. The largest absolute Gasteiger partial charge is 0.157 e. The van der Waals surface area contributed by atoms with Gasteiger partial charge in [0.15, 0.2) is 0 Å². The van der Waals surface area contributed by atoms with Gasteiger partial charge in [0.2, 0.25) is 0 Å². The predicted octanol–water partition coefficient (Wildman–Crippen LogP) is 4.01. The van der Waals surface area contributed by atoms with Gasteiger partial charge in [-0.25, -0.2) is 0 Å². The lowest BCUT2D eigenvalue weighted by Crippen LogP contribution is -1.80. The standard InChI is InChI=1S/C6H10S4/c1-2-3-7-4-6-5-8-10-9-6/h5H,2-4H2,1H3. The minimum atomic E-state index is 1.22. The van der Waals surface area contributed by atoms with Crippen LogP contribution in [0.15, 0.2) is 10.3 Å². The van der Waals surface area contributed by atoms with E-state index in [1.54, 1.807) is 0 Å². The highest BCUT2D eigenvalue weighted by atomic mass is 33.5. The predicted molar refractivity (Wildman–Crippen MR) is 58.5 cm³/mol. The van der Waals surface area contributed by atoms with Crippen molar-refractivity contribution in [3.8, 4) is 0 Å². The van der Waals surface area contributed by atoms with E-state index in [0.29, 0.717) is 0 Å². The summed E-state index contributed by atoms with van der Waals surface area (Å²) in [5, 5.41) is 2.26. The summed E-state index contributed by atoms with van der Waals surface area (Å²) >= 11 is 2.03. The van der Waals surface area contributed by atoms with Gasteiger partial charge in [0.25, 0.3) is 0 Å². The Morgan fingerprint density at radius 2 is 2.50 bits per heavy atom. The third kappa shape index (κ3) is 3.51. The molecule has 0 unspecified atom stereocenters. The van der Waals surface area contributed by atoms with Gasteiger partial charge in [-0.3, -0.25) is 0 Å². The van der Waals surface area contributed by atoms with Crippen LogP contribution in [0.1, 0.15) is 13.3 Å². The molecule has 0 bridgehead atoms. The number of hydrogen-bond donors (Lipinski definition) is 0. The quantitative estimate of drug-likeness (QED) is 0.507. The summed E-state index contributed by atoms with van der Waals surface area (Å²) in [6, 6.07) is 0. The first kappa shape index (κ1) is 9.23. The Hall–Kier alpha value is 1.14. The fourth-order valence-electron chi connectivity index (χ4n) is 0.531. The van der Waals surface area contributed by atoms with E-state index >= 15 is 0 Å². The molecule has 1 heterocycles. The van der Waals surface area contributed by atoms with Gasteiger partial charge >= 0.3 is 0 Å². The van der Waals surface area contributed by atoms with Crippen molar-refractivity contribution < 1.29 is 0 Å². The molecule has 0 N–H and O–H groups in total. The lowest BCUT2D eigenvalue weighted by molar-refractivity contribution is 1.11. The molecule has 1 aliphatic heterocycles. The third-order valence-corrected chi connectivity index (χ3v) is 6.19. The molecular weight excluding hydrogens is 200 g/mol. The highest BCUT2D eigenvalue weighted by Gasteiger charge is 2.05. The second-order valence-electron chi connectivity index (χ2n) is 1.88. The van der Waals surface area contributed by atoms with Gasteiger partial charge in [-0.05, 0) is 38.2 Å². The lowest BCUT2D eigenvalue weighted by atomic mass is 10.6. The van der Waals surface area contributed by atoms with Crippen LogP contribution >= 0.6 is 43.2 Å². The Morgan fingerprint density at radius 1 is 1.60 bits per heavy atom. The van der Waals surface area contributed by atoms with Crippen LogP contribution in [0.4, 0.5) is 0 Å². The summed E-state index contributed by atoms with van der Waals surface area (Å²) in [6.45, 7) is 2.23. The van der Waals surface area contributed by atoms with E-state index in [-0.39, 0.29) is 0 Å². The highest BCUT2D eigenvalue weighted by Crippen LogP contribution is 2.49. The first-order valence-corrected chi connectivity index (χ1v) is 7.90. The van der Waals surface area contributed by atoms with E-state index in [1.165, 1.54) is 22.8 Å². The van der Waals surface area contributed by atoms with Crippen LogP contribution in [0, 0.1) is 0 Å². The molecule has 0 amide bonds. The van der Waals surface area contributed by atoms with E-state index < -0.39 is 0 Å². The Labute approximate surface area is 78.2 Å². The maximum atomic E-state index is 2.26. The third-order valence-electron chi connectivity index (χ3n) is 0.953. The first-order valence-electron chi connectivity index (χ1n) is 3.20. The van der Waals surface area contributed by atoms with Gasteiger partial charge in [-0.15, -0.1) is 0 Å². The summed E-state index contributed by atoms with van der Waals surface area (Å²) < 4.78 is 0. The summed E-state index contributed by atoms with van der Waals surface area (Å²) in [4.78, 5) is 1.54. The molecule has 0 radical (unpaired) electrons. The van der Waals surface area contributed by atoms with Crippen LogP contribution in [0.25, 0.3) is 0 Å². The molecule has 58 valence electrons. The molecule has 0 nitrogen and oxygen atoms in total. The fraction of sp³-hybridized carbons (Fsp3) is 0.667. The van der Waals surface area contributed by atoms with Crippen LogP contribution in [-0.2, 0) is 0 Å². The van der Waals surface area contributed by atoms with E-state index in [2.05, 4.69) is 12.3 Å². The zero-order chi connectivity index (χ0) is 7.23. The van der Waals surface area contributed by atoms with E-state index in [4.69, 9.17) is 0 Å². The maximum absolute atomic E-state index is 2.26. The van der Waals surface area contributed by atoms with Crippen molar-refractivity contribution in [2.75, 3.05) is 11.5 Å². The Kier molecular flexibility index (Phi) is 5.30. The summed E-state index contributed by atoms with van der Waals surface area (Å²) in [5.74, 6) is 2.52. The van der Waals surface area contributed by atoms with Crippen molar-refractivity contribution in [1.82, 2.24) is 0 Å². The Bertz CT molecular complexity index is 121. The molecule has 10 heavy (non-hydrogen) atoms. The first-order chi connectivity index (χ1) is 4.93. The molecule has 0 aromatic heterocycles. The van der Waals surface area contributed by atoms with Crippen molar-refractivity contribution in [3.63, 3.8) is 0 Å². The molecule has 1 aliphatic rings. The van der Waals surface area contributed by atoms with Crippen molar-refractivity contribution >= 4 is 43.2 Å². The molecule has 0 aliphatic carbocycles. The van der Waals surface area contributed by atoms with Crippen LogP contribution in [0.2, 0.25) is 0 Å². The molecule has 1 rings (SSSR count). The molecule has 0 aromatic rings. The SMILES string of the molecule is CCCSCC1=CSSS1. The van der Waals surface area contributed by atoms with E-state index in [1.807, 2.05) is 43.2 Å². The van der Waals surface area contributed by atoms with Crippen molar-refractivity contribution in [1.29, 1.82) is 0 Å². The van der Waals surface area contributed by atoms with Crippen molar-refractivity contribution in [3.05, 3.63) is 10.3 Å². The van der Waals surface area contributed by atoms with Gasteiger partial charge in [0, 0.05) is 10.7 Å². The zero-order valence-electron chi connectivity index (χ0n) is 5.83. The normalized spacial score (nSPS) is 17.5. The molecule has 4 heteroatoms. The minimum Gasteiger partial charge on any atom is -0.157 e. The van der Waals surface area contributed by atoms with Crippen molar-refractivity contribution in [2.45, 2.75) is 13.3 Å². The van der Waals surface area contributed by atoms with Crippen LogP contribution in [0.5, 0.6) is 0 Å². The van der Waals surface area contributed by atoms with Gasteiger partial charge in [0.05, 0.1) is 0 Å². The number of hydrogen-bond acceptors (Lipinski definition) is 4. The summed E-state index contributed by atoms with van der Waals surface area (Å²) in [7, 11) is 5.62. The van der Waals surface area contributed by atoms with Gasteiger partial charge in [-0.2, -0.15) is 11.8 Å². The molecule has 0 saturated heterocycles. The highest BCUT2D eigenvalue weighted by molar-refractivity contribution is 9.11. The smallest absolute Gasteiger partial charge is 0.0258 e. The molecular formula is C6H10S4. The maximum Gasteiger partial charge on any atom is 0.0258 e. The molecule has 0 spiro atoms. The van der Waals surface area contributed by atoms with Crippen LogP contribution < -0.4 is 0 Å². The lowest BCUT2D eigenvalue weighted by Gasteiger charge is -1.96. The number of thioether (sulfide) groups is 1. The van der Waals surface area contributed by atoms with Gasteiger partial charge in [-0.1, -0.05) is 17.7 Å². The second-order valence-corrected chi connectivity index (χ2v) is 6.96. The van der Waals surface area contributed by atoms with E-state index in [9.17, 15) is 0 Å².